The van der Waals surface area contributed by atoms with Crippen molar-refractivity contribution in [2.75, 3.05) is 19.7 Å². The molecular weight excluding hydrogens is 320 g/mol. The van der Waals surface area contributed by atoms with Gasteiger partial charge in [0.25, 0.3) is 5.91 Å². The molecule has 1 saturated heterocycles. The summed E-state index contributed by atoms with van der Waals surface area (Å²) in [5.41, 5.74) is 0.501. The number of amides is 1. The van der Waals surface area contributed by atoms with E-state index in [1.54, 1.807) is 18.3 Å². The number of hydrogen-bond acceptors (Lipinski definition) is 6. The molecule has 0 spiro atoms. The number of piperidine rings is 1. The minimum absolute atomic E-state index is 0.0613. The first-order valence-electron chi connectivity index (χ1n) is 8.80. The first kappa shape index (κ1) is 17.4. The van der Waals surface area contributed by atoms with Crippen LogP contribution < -0.4 is 4.74 Å². The number of carbonyl (C=O) groups excluding carboxylic acids is 1. The van der Waals surface area contributed by atoms with E-state index in [4.69, 9.17) is 9.26 Å². The lowest BCUT2D eigenvalue weighted by atomic mass is 9.96. The Kier molecular flexibility index (Phi) is 5.31. The van der Waals surface area contributed by atoms with Gasteiger partial charge in [-0.3, -0.25) is 4.79 Å². The van der Waals surface area contributed by atoms with Crippen molar-refractivity contribution in [1.29, 1.82) is 0 Å². The van der Waals surface area contributed by atoms with Crippen molar-refractivity contribution >= 4 is 5.91 Å². The highest BCUT2D eigenvalue weighted by Crippen LogP contribution is 2.28. The van der Waals surface area contributed by atoms with Gasteiger partial charge in [-0.15, -0.1) is 0 Å². The number of aromatic nitrogens is 3. The van der Waals surface area contributed by atoms with Gasteiger partial charge in [-0.2, -0.15) is 4.98 Å². The Labute approximate surface area is 147 Å². The Balaban J connectivity index is 1.75. The van der Waals surface area contributed by atoms with Gasteiger partial charge in [0.2, 0.25) is 11.8 Å². The summed E-state index contributed by atoms with van der Waals surface area (Å²) < 4.78 is 10.8. The molecule has 0 aromatic carbocycles. The summed E-state index contributed by atoms with van der Waals surface area (Å²) in [6, 6.07) is 3.51. The molecule has 134 valence electrons. The van der Waals surface area contributed by atoms with Gasteiger partial charge in [0, 0.05) is 31.1 Å². The van der Waals surface area contributed by atoms with Crippen LogP contribution in [-0.2, 0) is 0 Å². The van der Waals surface area contributed by atoms with Crippen LogP contribution in [0.5, 0.6) is 5.88 Å². The highest BCUT2D eigenvalue weighted by Gasteiger charge is 2.30. The third kappa shape index (κ3) is 3.81. The average molecular weight is 344 g/mol. The molecule has 0 bridgehead atoms. The SMILES string of the molecule is CCOc1ncccc1C(=O)N1CCCC(c2noc(C(C)C)n2)C1. The van der Waals surface area contributed by atoms with Gasteiger partial charge >= 0.3 is 0 Å². The Hall–Kier alpha value is -2.44. The molecule has 1 amide bonds. The number of carbonyl (C=O) groups is 1. The van der Waals surface area contributed by atoms with Crippen LogP contribution >= 0.6 is 0 Å². The number of pyridine rings is 1. The molecule has 25 heavy (non-hydrogen) atoms. The first-order chi connectivity index (χ1) is 12.1. The first-order valence-corrected chi connectivity index (χ1v) is 8.80. The van der Waals surface area contributed by atoms with Crippen molar-refractivity contribution in [1.82, 2.24) is 20.0 Å². The second kappa shape index (κ2) is 7.63. The van der Waals surface area contributed by atoms with Crippen LogP contribution in [0.15, 0.2) is 22.9 Å². The van der Waals surface area contributed by atoms with E-state index in [9.17, 15) is 4.79 Å². The quantitative estimate of drug-likeness (QED) is 0.829. The minimum Gasteiger partial charge on any atom is -0.477 e. The second-order valence-corrected chi connectivity index (χ2v) is 6.52. The molecule has 0 N–H and O–H groups in total. The monoisotopic (exact) mass is 344 g/mol. The van der Waals surface area contributed by atoms with Gasteiger partial charge < -0.3 is 14.2 Å². The standard InChI is InChI=1S/C18H24N4O3/c1-4-24-17-14(8-5-9-19-17)18(23)22-10-6-7-13(11-22)15-20-16(12(2)3)25-21-15/h5,8-9,12-13H,4,6-7,10-11H2,1-3H3. The molecule has 1 aliphatic heterocycles. The van der Waals surface area contributed by atoms with Crippen molar-refractivity contribution in [3.63, 3.8) is 0 Å². The van der Waals surface area contributed by atoms with Crippen LogP contribution in [0.25, 0.3) is 0 Å². The Morgan fingerprint density at radius 1 is 1.48 bits per heavy atom. The molecular formula is C18H24N4O3. The van der Waals surface area contributed by atoms with E-state index in [1.807, 2.05) is 25.7 Å². The van der Waals surface area contributed by atoms with Crippen molar-refractivity contribution in [2.45, 2.75) is 45.4 Å². The molecule has 1 unspecified atom stereocenters. The zero-order valence-corrected chi connectivity index (χ0v) is 14.9. The highest BCUT2D eigenvalue weighted by molar-refractivity contribution is 5.96. The zero-order valence-electron chi connectivity index (χ0n) is 14.9. The average Bonchev–Trinajstić information content (AvgIpc) is 3.13. The molecule has 7 nitrogen and oxygen atoms in total. The van der Waals surface area contributed by atoms with Crippen molar-refractivity contribution in [3.05, 3.63) is 35.6 Å². The number of ether oxygens (including phenoxy) is 1. The Morgan fingerprint density at radius 3 is 3.04 bits per heavy atom. The van der Waals surface area contributed by atoms with E-state index >= 15 is 0 Å². The largest absolute Gasteiger partial charge is 0.477 e. The van der Waals surface area contributed by atoms with E-state index in [0.29, 0.717) is 42.9 Å². The van der Waals surface area contributed by atoms with E-state index in [2.05, 4.69) is 15.1 Å². The summed E-state index contributed by atoms with van der Waals surface area (Å²) in [5, 5.41) is 4.11. The van der Waals surface area contributed by atoms with Crippen LogP contribution in [0.4, 0.5) is 0 Å². The molecule has 7 heteroatoms. The maximum absolute atomic E-state index is 12.9. The fourth-order valence-corrected chi connectivity index (χ4v) is 3.00. The minimum atomic E-state index is -0.0613. The van der Waals surface area contributed by atoms with E-state index < -0.39 is 0 Å². The van der Waals surface area contributed by atoms with E-state index in [1.165, 1.54) is 0 Å². The molecule has 1 aliphatic rings. The maximum Gasteiger partial charge on any atom is 0.259 e. The molecule has 3 heterocycles. The normalized spacial score (nSPS) is 17.8. The molecule has 0 radical (unpaired) electrons. The van der Waals surface area contributed by atoms with Crippen LogP contribution in [-0.4, -0.2) is 45.6 Å². The number of hydrogen-bond donors (Lipinski definition) is 0. The van der Waals surface area contributed by atoms with E-state index in [0.717, 1.165) is 12.8 Å². The fraction of sp³-hybridized carbons (Fsp3) is 0.556. The van der Waals surface area contributed by atoms with Gasteiger partial charge in [0.1, 0.15) is 5.56 Å². The van der Waals surface area contributed by atoms with Crippen LogP contribution in [0.2, 0.25) is 0 Å². The molecule has 1 fully saturated rings. The number of likely N-dealkylation sites (tertiary alicyclic amines) is 1. The molecule has 0 aliphatic carbocycles. The van der Waals surface area contributed by atoms with Gasteiger partial charge in [0.05, 0.1) is 6.61 Å². The van der Waals surface area contributed by atoms with Crippen molar-refractivity contribution in [2.24, 2.45) is 0 Å². The predicted molar refractivity (Wildman–Crippen MR) is 91.7 cm³/mol. The lowest BCUT2D eigenvalue weighted by Crippen LogP contribution is -2.39. The lowest BCUT2D eigenvalue weighted by Gasteiger charge is -2.31. The Morgan fingerprint density at radius 2 is 2.32 bits per heavy atom. The van der Waals surface area contributed by atoms with E-state index in [-0.39, 0.29) is 17.7 Å². The van der Waals surface area contributed by atoms with Crippen LogP contribution in [0, 0.1) is 0 Å². The molecule has 2 aromatic heterocycles. The van der Waals surface area contributed by atoms with Gasteiger partial charge in [0.15, 0.2) is 5.82 Å². The van der Waals surface area contributed by atoms with Gasteiger partial charge in [-0.25, -0.2) is 4.98 Å². The third-order valence-electron chi connectivity index (χ3n) is 4.31. The number of nitrogens with zero attached hydrogens (tertiary/aromatic N) is 4. The van der Waals surface area contributed by atoms with Crippen LogP contribution in [0.3, 0.4) is 0 Å². The molecule has 0 saturated carbocycles. The molecule has 2 aromatic rings. The summed E-state index contributed by atoms with van der Waals surface area (Å²) >= 11 is 0. The van der Waals surface area contributed by atoms with Gasteiger partial charge in [-0.1, -0.05) is 19.0 Å². The van der Waals surface area contributed by atoms with Gasteiger partial charge in [-0.05, 0) is 31.9 Å². The zero-order chi connectivity index (χ0) is 17.8. The Bertz CT molecular complexity index is 729. The predicted octanol–water partition coefficient (Wildman–Crippen LogP) is 3.01. The summed E-state index contributed by atoms with van der Waals surface area (Å²) in [7, 11) is 0. The highest BCUT2D eigenvalue weighted by atomic mass is 16.5. The fourth-order valence-electron chi connectivity index (χ4n) is 3.00. The summed E-state index contributed by atoms with van der Waals surface area (Å²) in [6.07, 6.45) is 3.49. The maximum atomic E-state index is 12.9. The summed E-state index contributed by atoms with van der Waals surface area (Å²) in [4.78, 5) is 23.4. The topological polar surface area (TPSA) is 81.4 Å². The second-order valence-electron chi connectivity index (χ2n) is 6.52. The molecule has 3 rings (SSSR count). The summed E-state index contributed by atoms with van der Waals surface area (Å²) in [5.74, 6) is 1.96. The molecule has 1 atom stereocenters. The van der Waals surface area contributed by atoms with Crippen molar-refractivity contribution < 1.29 is 14.1 Å². The van der Waals surface area contributed by atoms with Crippen LogP contribution in [0.1, 0.15) is 67.5 Å². The van der Waals surface area contributed by atoms with Crippen molar-refractivity contribution in [3.8, 4) is 5.88 Å². The third-order valence-corrected chi connectivity index (χ3v) is 4.31. The lowest BCUT2D eigenvalue weighted by molar-refractivity contribution is 0.0698. The number of rotatable bonds is 5. The summed E-state index contributed by atoms with van der Waals surface area (Å²) in [6.45, 7) is 7.68. The smallest absolute Gasteiger partial charge is 0.259 e.